The van der Waals surface area contributed by atoms with Gasteiger partial charge in [-0.25, -0.2) is 4.39 Å². The molecule has 5 heteroatoms. The molecule has 1 aromatic heterocycles. The molecular weight excluding hydrogens is 346 g/mol. The predicted octanol–water partition coefficient (Wildman–Crippen LogP) is 2.70. The fraction of sp³-hybridized carbons (Fsp3) is 0.154. The summed E-state index contributed by atoms with van der Waals surface area (Å²) >= 11 is 1.96. The molecule has 0 fully saturated rings. The molecule has 0 bridgehead atoms. The van der Waals surface area contributed by atoms with E-state index in [-0.39, 0.29) is 11.7 Å². The Morgan fingerprint density at radius 3 is 2.83 bits per heavy atom. The van der Waals surface area contributed by atoms with E-state index in [4.69, 9.17) is 0 Å². The number of hydrogen-bond donors (Lipinski definition) is 1. The van der Waals surface area contributed by atoms with Crippen LogP contribution in [0.3, 0.4) is 0 Å². The first kappa shape index (κ1) is 13.1. The lowest BCUT2D eigenvalue weighted by Gasteiger charge is -2.08. The minimum Gasteiger partial charge on any atom is -0.353 e. The molecule has 0 aliphatic heterocycles. The number of nitrogens with one attached hydrogen (secondary N) is 1. The first-order chi connectivity index (χ1) is 8.58. The van der Waals surface area contributed by atoms with E-state index in [9.17, 15) is 9.18 Å². The minimum absolute atomic E-state index is 0.194. The number of carbonyl (C=O) groups excluding carboxylic acids is 1. The normalized spacial score (nSPS) is 10.4. The maximum absolute atomic E-state index is 12.9. The molecule has 0 saturated carbocycles. The van der Waals surface area contributed by atoms with Crippen molar-refractivity contribution in [3.8, 4) is 0 Å². The van der Waals surface area contributed by atoms with Crippen LogP contribution < -0.4 is 5.32 Å². The molecule has 1 amide bonds. The number of carbonyl (C=O) groups is 1. The van der Waals surface area contributed by atoms with Crippen LogP contribution in [0.1, 0.15) is 16.1 Å². The van der Waals surface area contributed by atoms with E-state index >= 15 is 0 Å². The van der Waals surface area contributed by atoms with Crippen LogP contribution in [-0.2, 0) is 13.6 Å². The van der Waals surface area contributed by atoms with Crippen molar-refractivity contribution in [2.24, 2.45) is 7.05 Å². The van der Waals surface area contributed by atoms with Crippen molar-refractivity contribution in [1.29, 1.82) is 0 Å². The minimum atomic E-state index is -0.335. The van der Waals surface area contributed by atoms with Gasteiger partial charge in [0.1, 0.15) is 5.82 Å². The molecule has 18 heavy (non-hydrogen) atoms. The van der Waals surface area contributed by atoms with Gasteiger partial charge >= 0.3 is 0 Å². The van der Waals surface area contributed by atoms with Gasteiger partial charge in [0.15, 0.2) is 0 Å². The van der Waals surface area contributed by atoms with Gasteiger partial charge in [-0.2, -0.15) is 0 Å². The summed E-state index contributed by atoms with van der Waals surface area (Å²) in [7, 11) is 1.92. The lowest BCUT2D eigenvalue weighted by Crippen LogP contribution is -2.24. The van der Waals surface area contributed by atoms with Crippen molar-refractivity contribution < 1.29 is 9.18 Å². The van der Waals surface area contributed by atoms with Crippen molar-refractivity contribution >= 4 is 28.5 Å². The van der Waals surface area contributed by atoms with Gasteiger partial charge < -0.3 is 9.88 Å². The number of aromatic nitrogens is 1. The van der Waals surface area contributed by atoms with Gasteiger partial charge in [0, 0.05) is 22.5 Å². The molecule has 0 radical (unpaired) electrons. The monoisotopic (exact) mass is 358 g/mol. The third kappa shape index (κ3) is 2.90. The molecule has 1 aromatic carbocycles. The van der Waals surface area contributed by atoms with Crippen LogP contribution in [0.5, 0.6) is 0 Å². The Morgan fingerprint density at radius 1 is 1.44 bits per heavy atom. The van der Waals surface area contributed by atoms with Crippen LogP contribution in [0.2, 0.25) is 0 Å². The summed E-state index contributed by atoms with van der Waals surface area (Å²) in [6.07, 6.45) is 1.92. The van der Waals surface area contributed by atoms with E-state index in [1.54, 1.807) is 0 Å². The van der Waals surface area contributed by atoms with E-state index in [1.807, 2.05) is 52.5 Å². The zero-order valence-electron chi connectivity index (χ0n) is 9.78. The highest BCUT2D eigenvalue weighted by molar-refractivity contribution is 14.1. The van der Waals surface area contributed by atoms with Crippen LogP contribution in [-0.4, -0.2) is 10.5 Å². The largest absolute Gasteiger partial charge is 0.353 e. The molecule has 1 heterocycles. The predicted molar refractivity (Wildman–Crippen MR) is 75.7 cm³/mol. The molecule has 0 aliphatic carbocycles. The van der Waals surface area contributed by atoms with Gasteiger partial charge in [0.05, 0.1) is 12.1 Å². The molecule has 94 valence electrons. The summed E-state index contributed by atoms with van der Waals surface area (Å²) in [5.74, 6) is -0.529. The number of hydrogen-bond acceptors (Lipinski definition) is 1. The zero-order valence-corrected chi connectivity index (χ0v) is 11.9. The third-order valence-electron chi connectivity index (χ3n) is 2.66. The van der Waals surface area contributed by atoms with Gasteiger partial charge in [-0.15, -0.1) is 0 Å². The lowest BCUT2D eigenvalue weighted by molar-refractivity contribution is 0.0949. The summed E-state index contributed by atoms with van der Waals surface area (Å²) in [6.45, 7) is 0.454. The van der Waals surface area contributed by atoms with Crippen LogP contribution >= 0.6 is 22.6 Å². The van der Waals surface area contributed by atoms with Gasteiger partial charge in [-0.1, -0.05) is 0 Å². The van der Waals surface area contributed by atoms with Crippen LogP contribution in [0, 0.1) is 9.39 Å². The highest BCUT2D eigenvalue weighted by Gasteiger charge is 2.10. The van der Waals surface area contributed by atoms with Gasteiger partial charge in [-0.05, 0) is 52.9 Å². The van der Waals surface area contributed by atoms with Gasteiger partial charge in [-0.3, -0.25) is 4.79 Å². The summed E-state index contributed by atoms with van der Waals surface area (Å²) in [5, 5.41) is 2.82. The zero-order chi connectivity index (χ0) is 13.1. The standard InChI is InChI=1S/C13H12FIN2O/c1-17-6-2-3-10(17)8-16-13(18)11-5-4-9(14)7-12(11)15/h2-7H,8H2,1H3,(H,16,18). The fourth-order valence-corrected chi connectivity index (χ4v) is 2.34. The molecular formula is C13H12FIN2O. The quantitative estimate of drug-likeness (QED) is 0.842. The topological polar surface area (TPSA) is 34.0 Å². The molecule has 0 saturated heterocycles. The number of halogens is 2. The number of nitrogens with zero attached hydrogens (tertiary/aromatic N) is 1. The molecule has 0 aliphatic rings. The van der Waals surface area contributed by atoms with Crippen LogP contribution in [0.4, 0.5) is 4.39 Å². The van der Waals surface area contributed by atoms with E-state index in [0.717, 1.165) is 5.69 Å². The Morgan fingerprint density at radius 2 is 2.22 bits per heavy atom. The summed E-state index contributed by atoms with van der Waals surface area (Å²) in [5.41, 5.74) is 1.51. The summed E-state index contributed by atoms with van der Waals surface area (Å²) in [4.78, 5) is 11.9. The Bertz CT molecular complexity index is 580. The lowest BCUT2D eigenvalue weighted by atomic mass is 10.2. The number of amides is 1. The first-order valence-electron chi connectivity index (χ1n) is 5.41. The van der Waals surface area contributed by atoms with Crippen molar-refractivity contribution in [2.45, 2.75) is 6.54 Å². The molecule has 2 rings (SSSR count). The van der Waals surface area contributed by atoms with E-state index in [0.29, 0.717) is 15.7 Å². The number of rotatable bonds is 3. The van der Waals surface area contributed by atoms with Gasteiger partial charge in [0.2, 0.25) is 0 Å². The first-order valence-corrected chi connectivity index (χ1v) is 6.49. The second kappa shape index (κ2) is 5.51. The second-order valence-corrected chi connectivity index (χ2v) is 5.08. The third-order valence-corrected chi connectivity index (χ3v) is 3.55. The van der Waals surface area contributed by atoms with Crippen molar-refractivity contribution in [1.82, 2.24) is 9.88 Å². The number of benzene rings is 1. The SMILES string of the molecule is Cn1cccc1CNC(=O)c1ccc(F)cc1I. The Labute approximate surface area is 118 Å². The van der Waals surface area contributed by atoms with Crippen molar-refractivity contribution in [3.05, 3.63) is 57.2 Å². The van der Waals surface area contributed by atoms with Crippen LogP contribution in [0.25, 0.3) is 0 Å². The van der Waals surface area contributed by atoms with Crippen LogP contribution in [0.15, 0.2) is 36.5 Å². The molecule has 0 unspecified atom stereocenters. The highest BCUT2D eigenvalue weighted by atomic mass is 127. The molecule has 0 atom stereocenters. The van der Waals surface area contributed by atoms with E-state index in [1.165, 1.54) is 18.2 Å². The van der Waals surface area contributed by atoms with Gasteiger partial charge in [0.25, 0.3) is 5.91 Å². The van der Waals surface area contributed by atoms with E-state index < -0.39 is 0 Å². The second-order valence-electron chi connectivity index (χ2n) is 3.92. The maximum Gasteiger partial charge on any atom is 0.252 e. The number of aryl methyl sites for hydroxylation is 1. The maximum atomic E-state index is 12.9. The molecule has 2 aromatic rings. The average Bonchev–Trinajstić information content (AvgIpc) is 2.72. The molecule has 0 spiro atoms. The van der Waals surface area contributed by atoms with Crippen molar-refractivity contribution in [3.63, 3.8) is 0 Å². The average molecular weight is 358 g/mol. The van der Waals surface area contributed by atoms with Crippen molar-refractivity contribution in [2.75, 3.05) is 0 Å². The molecule has 1 N–H and O–H groups in total. The Balaban J connectivity index is 2.06. The Kier molecular flexibility index (Phi) is 4.00. The smallest absolute Gasteiger partial charge is 0.252 e. The van der Waals surface area contributed by atoms with E-state index in [2.05, 4.69) is 5.32 Å². The summed E-state index contributed by atoms with van der Waals surface area (Å²) in [6, 6.07) is 7.99. The molecule has 3 nitrogen and oxygen atoms in total. The summed E-state index contributed by atoms with van der Waals surface area (Å²) < 4.78 is 15.5. The fourth-order valence-electron chi connectivity index (χ4n) is 1.62. The Hall–Kier alpha value is -1.37. The highest BCUT2D eigenvalue weighted by Crippen LogP contribution is 2.14.